The normalized spacial score (nSPS) is 19.4. The van der Waals surface area contributed by atoms with Gasteiger partial charge in [0.2, 0.25) is 5.91 Å². The first-order chi connectivity index (χ1) is 12.0. The quantitative estimate of drug-likeness (QED) is 0.830. The van der Waals surface area contributed by atoms with Crippen molar-refractivity contribution in [3.63, 3.8) is 0 Å². The number of halogens is 1. The molecule has 4 nitrogen and oxygen atoms in total. The average Bonchev–Trinajstić information content (AvgIpc) is 3.04. The molecule has 2 heterocycles. The third kappa shape index (κ3) is 4.48. The lowest BCUT2D eigenvalue weighted by Gasteiger charge is -2.34. The zero-order valence-corrected chi connectivity index (χ0v) is 14.8. The molecular weight excluding hydrogens is 319 g/mol. The molecule has 0 aliphatic carbocycles. The smallest absolute Gasteiger partial charge is 0.224 e. The second-order valence-electron chi connectivity index (χ2n) is 7.08. The van der Waals surface area contributed by atoms with Gasteiger partial charge >= 0.3 is 0 Å². The van der Waals surface area contributed by atoms with E-state index in [4.69, 9.17) is 4.42 Å². The lowest BCUT2D eigenvalue weighted by molar-refractivity contribution is -0.134. The van der Waals surface area contributed by atoms with Gasteiger partial charge in [0.15, 0.2) is 0 Å². The maximum absolute atomic E-state index is 13.1. The Hall–Kier alpha value is -2.14. The molecule has 0 unspecified atom stereocenters. The highest BCUT2D eigenvalue weighted by atomic mass is 19.1. The van der Waals surface area contributed by atoms with Gasteiger partial charge in [0, 0.05) is 44.2 Å². The van der Waals surface area contributed by atoms with Crippen LogP contribution in [0.1, 0.15) is 31.4 Å². The number of nitrogens with zero attached hydrogens (tertiary/aromatic N) is 2. The van der Waals surface area contributed by atoms with E-state index in [9.17, 15) is 9.18 Å². The summed E-state index contributed by atoms with van der Waals surface area (Å²) < 4.78 is 18.3. The molecular formula is C20H25FN2O2. The minimum atomic E-state index is -0.252. The highest BCUT2D eigenvalue weighted by molar-refractivity contribution is 5.77. The van der Waals surface area contributed by atoms with E-state index < -0.39 is 0 Å². The molecule has 1 fully saturated rings. The van der Waals surface area contributed by atoms with E-state index in [0.717, 1.165) is 30.8 Å². The zero-order chi connectivity index (χ0) is 17.8. The topological polar surface area (TPSA) is 36.7 Å². The van der Waals surface area contributed by atoms with Crippen LogP contribution in [0.15, 0.2) is 47.3 Å². The van der Waals surface area contributed by atoms with Gasteiger partial charge in [0.25, 0.3) is 0 Å². The van der Waals surface area contributed by atoms with Gasteiger partial charge in [-0.2, -0.15) is 0 Å². The van der Waals surface area contributed by atoms with Gasteiger partial charge in [0.05, 0.1) is 12.5 Å². The second kappa shape index (κ2) is 7.83. The molecule has 1 aliphatic rings. The van der Waals surface area contributed by atoms with Crippen molar-refractivity contribution < 1.29 is 13.6 Å². The number of benzene rings is 1. The number of hydrogen-bond donors (Lipinski definition) is 0. The third-order valence-corrected chi connectivity index (χ3v) is 4.83. The Morgan fingerprint density at radius 1 is 1.16 bits per heavy atom. The molecule has 1 aromatic heterocycles. The fraction of sp³-hybridized carbons (Fsp3) is 0.450. The summed E-state index contributed by atoms with van der Waals surface area (Å²) in [7, 11) is 0. The van der Waals surface area contributed by atoms with Crippen LogP contribution in [0.3, 0.4) is 0 Å². The number of hydrogen-bond acceptors (Lipinski definition) is 3. The van der Waals surface area contributed by atoms with Crippen LogP contribution in [-0.2, 0) is 17.9 Å². The summed E-state index contributed by atoms with van der Waals surface area (Å²) in [5.74, 6) is 0.254. The molecule has 2 aromatic rings. The van der Waals surface area contributed by atoms with Crippen molar-refractivity contribution in [2.24, 2.45) is 5.92 Å². The molecule has 1 aromatic carbocycles. The van der Waals surface area contributed by atoms with E-state index >= 15 is 0 Å². The first kappa shape index (κ1) is 17.7. The molecule has 1 aliphatic heterocycles. The SMILES string of the molecule is CC(C)[C@H]1CN(Cc2ccoc2)CCC(=O)N1Cc1ccc(F)cc1. The van der Waals surface area contributed by atoms with Crippen LogP contribution >= 0.6 is 0 Å². The molecule has 1 saturated heterocycles. The van der Waals surface area contributed by atoms with Crippen LogP contribution in [0.2, 0.25) is 0 Å². The first-order valence-electron chi connectivity index (χ1n) is 8.80. The molecule has 0 spiro atoms. The van der Waals surface area contributed by atoms with Gasteiger partial charge < -0.3 is 9.32 Å². The average molecular weight is 344 g/mol. The van der Waals surface area contributed by atoms with Gasteiger partial charge in [-0.3, -0.25) is 9.69 Å². The summed E-state index contributed by atoms with van der Waals surface area (Å²) in [6, 6.07) is 8.52. The van der Waals surface area contributed by atoms with Crippen molar-refractivity contribution in [1.82, 2.24) is 9.80 Å². The second-order valence-corrected chi connectivity index (χ2v) is 7.08. The third-order valence-electron chi connectivity index (χ3n) is 4.83. The minimum absolute atomic E-state index is 0.131. The molecule has 0 N–H and O–H groups in total. The largest absolute Gasteiger partial charge is 0.472 e. The van der Waals surface area contributed by atoms with Crippen molar-refractivity contribution >= 4 is 5.91 Å². The molecule has 134 valence electrons. The molecule has 1 atom stereocenters. The van der Waals surface area contributed by atoms with Crippen LogP contribution in [0.25, 0.3) is 0 Å². The summed E-state index contributed by atoms with van der Waals surface area (Å²) in [6.07, 6.45) is 3.94. The summed E-state index contributed by atoms with van der Waals surface area (Å²) in [6.45, 7) is 7.19. The number of carbonyl (C=O) groups is 1. The van der Waals surface area contributed by atoms with Crippen LogP contribution in [-0.4, -0.2) is 34.8 Å². The van der Waals surface area contributed by atoms with E-state index in [0.29, 0.717) is 18.9 Å². The molecule has 3 rings (SSSR count). The monoisotopic (exact) mass is 344 g/mol. The molecule has 25 heavy (non-hydrogen) atoms. The predicted octanol–water partition coefficient (Wildman–Crippen LogP) is 3.68. The summed E-state index contributed by atoms with van der Waals surface area (Å²) in [5, 5.41) is 0. The van der Waals surface area contributed by atoms with Crippen molar-refractivity contribution in [3.05, 3.63) is 59.8 Å². The van der Waals surface area contributed by atoms with E-state index in [1.807, 2.05) is 11.0 Å². The molecule has 1 amide bonds. The molecule has 0 saturated carbocycles. The Kier molecular flexibility index (Phi) is 5.53. The lowest BCUT2D eigenvalue weighted by Crippen LogP contribution is -2.45. The Labute approximate surface area is 148 Å². The molecule has 0 radical (unpaired) electrons. The minimum Gasteiger partial charge on any atom is -0.472 e. The van der Waals surface area contributed by atoms with Crippen molar-refractivity contribution in [2.45, 2.75) is 39.4 Å². The van der Waals surface area contributed by atoms with Gasteiger partial charge in [-0.05, 0) is 29.7 Å². The lowest BCUT2D eigenvalue weighted by atomic mass is 10.0. The Balaban J connectivity index is 1.76. The summed E-state index contributed by atoms with van der Waals surface area (Å²) >= 11 is 0. The molecule has 0 bridgehead atoms. The van der Waals surface area contributed by atoms with Gasteiger partial charge in [-0.15, -0.1) is 0 Å². The maximum atomic E-state index is 13.1. The van der Waals surface area contributed by atoms with E-state index in [1.165, 1.54) is 12.1 Å². The van der Waals surface area contributed by atoms with E-state index in [1.54, 1.807) is 24.7 Å². The van der Waals surface area contributed by atoms with Crippen molar-refractivity contribution in [2.75, 3.05) is 13.1 Å². The van der Waals surface area contributed by atoms with Gasteiger partial charge in [0.1, 0.15) is 5.82 Å². The number of rotatable bonds is 5. The fourth-order valence-electron chi connectivity index (χ4n) is 3.38. The molecule has 5 heteroatoms. The highest BCUT2D eigenvalue weighted by Gasteiger charge is 2.31. The van der Waals surface area contributed by atoms with Crippen LogP contribution < -0.4 is 0 Å². The van der Waals surface area contributed by atoms with Crippen LogP contribution in [0.4, 0.5) is 4.39 Å². The Bertz CT molecular complexity index is 682. The van der Waals surface area contributed by atoms with Crippen molar-refractivity contribution in [3.8, 4) is 0 Å². The van der Waals surface area contributed by atoms with Crippen molar-refractivity contribution in [1.29, 1.82) is 0 Å². The fourth-order valence-corrected chi connectivity index (χ4v) is 3.38. The number of amides is 1. The number of carbonyl (C=O) groups excluding carboxylic acids is 1. The summed E-state index contributed by atoms with van der Waals surface area (Å²) in [4.78, 5) is 17.0. The highest BCUT2D eigenvalue weighted by Crippen LogP contribution is 2.22. The van der Waals surface area contributed by atoms with Gasteiger partial charge in [-0.25, -0.2) is 4.39 Å². The summed E-state index contributed by atoms with van der Waals surface area (Å²) in [5.41, 5.74) is 2.09. The Morgan fingerprint density at radius 3 is 2.56 bits per heavy atom. The first-order valence-corrected chi connectivity index (χ1v) is 8.80. The zero-order valence-electron chi connectivity index (χ0n) is 14.8. The number of furan rings is 1. The maximum Gasteiger partial charge on any atom is 0.224 e. The van der Waals surface area contributed by atoms with Gasteiger partial charge in [-0.1, -0.05) is 26.0 Å². The Morgan fingerprint density at radius 2 is 1.92 bits per heavy atom. The predicted molar refractivity (Wildman–Crippen MR) is 94.2 cm³/mol. The van der Waals surface area contributed by atoms with E-state index in [-0.39, 0.29) is 17.8 Å². The van der Waals surface area contributed by atoms with Crippen LogP contribution in [0.5, 0.6) is 0 Å². The van der Waals surface area contributed by atoms with E-state index in [2.05, 4.69) is 18.7 Å². The van der Waals surface area contributed by atoms with Crippen LogP contribution in [0, 0.1) is 11.7 Å². The standard InChI is InChI=1S/C20H25FN2O2/c1-15(2)19-13-22(11-17-8-10-25-14-17)9-7-20(24)23(19)12-16-3-5-18(21)6-4-16/h3-6,8,10,14-15,19H,7,9,11-13H2,1-2H3/t19-/m1/s1.